The van der Waals surface area contributed by atoms with E-state index in [0.29, 0.717) is 0 Å². The van der Waals surface area contributed by atoms with E-state index in [0.717, 1.165) is 29.2 Å². The van der Waals surface area contributed by atoms with E-state index in [-0.39, 0.29) is 12.1 Å². The first-order chi connectivity index (χ1) is 11.6. The first-order valence-corrected chi connectivity index (χ1v) is 7.90. The van der Waals surface area contributed by atoms with Gasteiger partial charge in [0, 0.05) is 24.3 Å². The highest BCUT2D eigenvalue weighted by molar-refractivity contribution is 5.63. The second-order valence-corrected chi connectivity index (χ2v) is 5.62. The molecule has 0 bridgehead atoms. The highest BCUT2D eigenvalue weighted by Gasteiger charge is 2.09. The zero-order valence-electron chi connectivity index (χ0n) is 13.7. The average Bonchev–Trinajstić information content (AvgIpc) is 2.96. The number of nitrogens with one attached hydrogen (secondary N) is 1. The molecule has 3 nitrogen and oxygen atoms in total. The number of rotatable bonds is 5. The minimum Gasteiger partial charge on any atom is -0.381 e. The van der Waals surface area contributed by atoms with Crippen LogP contribution in [0.15, 0.2) is 48.5 Å². The van der Waals surface area contributed by atoms with Gasteiger partial charge < -0.3 is 5.32 Å². The first kappa shape index (κ1) is 16.2. The van der Waals surface area contributed by atoms with Crippen LogP contribution in [0.5, 0.6) is 0 Å². The molecule has 0 aliphatic rings. The Kier molecular flexibility index (Phi) is 4.60. The maximum absolute atomic E-state index is 13.6. The van der Waals surface area contributed by atoms with E-state index >= 15 is 0 Å². The average molecular weight is 327 g/mol. The molecule has 3 rings (SSSR count). The smallest absolute Gasteiger partial charge is 0.131 e. The van der Waals surface area contributed by atoms with Crippen LogP contribution in [0.25, 0.3) is 11.3 Å². The first-order valence-electron chi connectivity index (χ1n) is 7.90. The van der Waals surface area contributed by atoms with Crippen molar-refractivity contribution in [2.45, 2.75) is 26.9 Å². The van der Waals surface area contributed by atoms with E-state index in [1.54, 1.807) is 0 Å². The third kappa shape index (κ3) is 3.30. The van der Waals surface area contributed by atoms with Gasteiger partial charge in [-0.1, -0.05) is 18.2 Å². The molecule has 0 aliphatic carbocycles. The lowest BCUT2D eigenvalue weighted by Crippen LogP contribution is -2.04. The summed E-state index contributed by atoms with van der Waals surface area (Å²) in [5.41, 5.74) is 3.94. The SMILES string of the molecule is CCn1nc(C)cc1-c1ccc(NCc2c(F)cccc2F)cc1. The van der Waals surface area contributed by atoms with Gasteiger partial charge in [0.25, 0.3) is 0 Å². The van der Waals surface area contributed by atoms with Crippen molar-refractivity contribution in [3.05, 3.63) is 71.4 Å². The lowest BCUT2D eigenvalue weighted by molar-refractivity contribution is 0.560. The summed E-state index contributed by atoms with van der Waals surface area (Å²) in [4.78, 5) is 0. The van der Waals surface area contributed by atoms with Crippen molar-refractivity contribution in [1.82, 2.24) is 9.78 Å². The fourth-order valence-corrected chi connectivity index (χ4v) is 2.67. The van der Waals surface area contributed by atoms with Gasteiger partial charge in [0.1, 0.15) is 11.6 Å². The van der Waals surface area contributed by atoms with Crippen LogP contribution < -0.4 is 5.32 Å². The van der Waals surface area contributed by atoms with E-state index < -0.39 is 11.6 Å². The van der Waals surface area contributed by atoms with Gasteiger partial charge in [-0.05, 0) is 49.7 Å². The summed E-state index contributed by atoms with van der Waals surface area (Å²) in [5.74, 6) is -1.08. The highest BCUT2D eigenvalue weighted by Crippen LogP contribution is 2.23. The third-order valence-corrected chi connectivity index (χ3v) is 3.91. The number of hydrogen-bond donors (Lipinski definition) is 1. The number of aromatic nitrogens is 2. The summed E-state index contributed by atoms with van der Waals surface area (Å²) in [7, 11) is 0. The second kappa shape index (κ2) is 6.83. The van der Waals surface area contributed by atoms with E-state index in [1.807, 2.05) is 41.9 Å². The molecule has 0 saturated carbocycles. The molecule has 124 valence electrons. The van der Waals surface area contributed by atoms with Gasteiger partial charge in [0.15, 0.2) is 0 Å². The summed E-state index contributed by atoms with van der Waals surface area (Å²) in [6.07, 6.45) is 0. The minimum atomic E-state index is -0.540. The van der Waals surface area contributed by atoms with Crippen molar-refractivity contribution in [2.75, 3.05) is 5.32 Å². The summed E-state index contributed by atoms with van der Waals surface area (Å²) >= 11 is 0. The number of hydrogen-bond acceptors (Lipinski definition) is 2. The second-order valence-electron chi connectivity index (χ2n) is 5.62. The Bertz CT molecular complexity index is 818. The molecule has 0 fully saturated rings. The van der Waals surface area contributed by atoms with Crippen LogP contribution in [0.2, 0.25) is 0 Å². The predicted octanol–water partition coefficient (Wildman–Crippen LogP) is 4.77. The normalized spacial score (nSPS) is 10.8. The quantitative estimate of drug-likeness (QED) is 0.731. The Morgan fingerprint density at radius 1 is 1.04 bits per heavy atom. The number of nitrogens with zero attached hydrogens (tertiary/aromatic N) is 2. The molecule has 1 heterocycles. The van der Waals surface area contributed by atoms with Gasteiger partial charge in [0.05, 0.1) is 11.4 Å². The number of anilines is 1. The molecule has 1 N–H and O–H groups in total. The molecule has 3 aromatic rings. The van der Waals surface area contributed by atoms with Crippen molar-refractivity contribution < 1.29 is 8.78 Å². The Morgan fingerprint density at radius 3 is 2.33 bits per heavy atom. The van der Waals surface area contributed by atoms with Gasteiger partial charge >= 0.3 is 0 Å². The van der Waals surface area contributed by atoms with E-state index in [9.17, 15) is 8.78 Å². The van der Waals surface area contributed by atoms with Crippen LogP contribution in [0.1, 0.15) is 18.2 Å². The van der Waals surface area contributed by atoms with E-state index in [4.69, 9.17) is 0 Å². The summed E-state index contributed by atoms with van der Waals surface area (Å²) < 4.78 is 29.2. The van der Waals surface area contributed by atoms with E-state index in [1.165, 1.54) is 18.2 Å². The number of benzene rings is 2. The van der Waals surface area contributed by atoms with Crippen LogP contribution in [-0.2, 0) is 13.1 Å². The van der Waals surface area contributed by atoms with Gasteiger partial charge in [-0.15, -0.1) is 0 Å². The lowest BCUT2D eigenvalue weighted by Gasteiger charge is -2.10. The zero-order chi connectivity index (χ0) is 17.1. The Labute approximate surface area is 139 Å². The van der Waals surface area contributed by atoms with Gasteiger partial charge in [-0.3, -0.25) is 4.68 Å². The van der Waals surface area contributed by atoms with Crippen LogP contribution in [0.4, 0.5) is 14.5 Å². The molecule has 5 heteroatoms. The molecule has 0 saturated heterocycles. The molecule has 0 amide bonds. The van der Waals surface area contributed by atoms with Crippen molar-refractivity contribution in [1.29, 1.82) is 0 Å². The lowest BCUT2D eigenvalue weighted by atomic mass is 10.1. The molecule has 1 aromatic heterocycles. The fraction of sp³-hybridized carbons (Fsp3) is 0.211. The maximum Gasteiger partial charge on any atom is 0.131 e. The van der Waals surface area contributed by atoms with E-state index in [2.05, 4.69) is 17.3 Å². The number of halogens is 2. The maximum atomic E-state index is 13.6. The molecule has 24 heavy (non-hydrogen) atoms. The Hall–Kier alpha value is -2.69. The minimum absolute atomic E-state index is 0.0428. The highest BCUT2D eigenvalue weighted by atomic mass is 19.1. The fourth-order valence-electron chi connectivity index (χ4n) is 2.67. The molecule has 0 aliphatic heterocycles. The Morgan fingerprint density at radius 2 is 1.71 bits per heavy atom. The van der Waals surface area contributed by atoms with Crippen molar-refractivity contribution in [3.63, 3.8) is 0 Å². The van der Waals surface area contributed by atoms with Crippen LogP contribution >= 0.6 is 0 Å². The van der Waals surface area contributed by atoms with Gasteiger partial charge in [-0.25, -0.2) is 8.78 Å². The topological polar surface area (TPSA) is 29.9 Å². The molecule has 0 radical (unpaired) electrons. The summed E-state index contributed by atoms with van der Waals surface area (Å²) in [6, 6.07) is 13.7. The molecule has 2 aromatic carbocycles. The monoisotopic (exact) mass is 327 g/mol. The van der Waals surface area contributed by atoms with Gasteiger partial charge in [-0.2, -0.15) is 5.10 Å². The molecule has 0 unspecified atom stereocenters. The predicted molar refractivity (Wildman–Crippen MR) is 91.8 cm³/mol. The zero-order valence-corrected chi connectivity index (χ0v) is 13.7. The Balaban J connectivity index is 1.75. The molecular formula is C19H19F2N3. The third-order valence-electron chi connectivity index (χ3n) is 3.91. The molecule has 0 spiro atoms. The van der Waals surface area contributed by atoms with Crippen LogP contribution in [0, 0.1) is 18.6 Å². The largest absolute Gasteiger partial charge is 0.381 e. The van der Waals surface area contributed by atoms with Crippen LogP contribution in [-0.4, -0.2) is 9.78 Å². The standard InChI is InChI=1S/C19H19F2N3/c1-3-24-19(11-13(2)23-24)14-7-9-15(10-8-14)22-12-16-17(20)5-4-6-18(16)21/h4-11,22H,3,12H2,1-2H3. The summed E-state index contributed by atoms with van der Waals surface area (Å²) in [5, 5.41) is 7.49. The van der Waals surface area contributed by atoms with Gasteiger partial charge in [0.2, 0.25) is 0 Å². The van der Waals surface area contributed by atoms with Crippen molar-refractivity contribution >= 4 is 5.69 Å². The molecular weight excluding hydrogens is 308 g/mol. The van der Waals surface area contributed by atoms with Crippen molar-refractivity contribution in [2.24, 2.45) is 0 Å². The van der Waals surface area contributed by atoms with Crippen molar-refractivity contribution in [3.8, 4) is 11.3 Å². The molecule has 0 atom stereocenters. The van der Waals surface area contributed by atoms with Crippen LogP contribution in [0.3, 0.4) is 0 Å². The number of aryl methyl sites for hydroxylation is 2. The summed E-state index contributed by atoms with van der Waals surface area (Å²) in [6.45, 7) is 4.92.